The first-order chi connectivity index (χ1) is 10.5. The molecule has 1 aromatic carbocycles. The van der Waals surface area contributed by atoms with E-state index < -0.39 is 6.04 Å². The van der Waals surface area contributed by atoms with Crippen LogP contribution in [-0.4, -0.2) is 41.8 Å². The molecule has 0 radical (unpaired) electrons. The zero-order valence-electron chi connectivity index (χ0n) is 13.4. The predicted molar refractivity (Wildman–Crippen MR) is 82.6 cm³/mol. The van der Waals surface area contributed by atoms with Crippen LogP contribution >= 0.6 is 0 Å². The summed E-state index contributed by atoms with van der Waals surface area (Å²) in [5, 5.41) is 0. The molecule has 1 aliphatic rings. The van der Waals surface area contributed by atoms with Crippen LogP contribution < -0.4 is 0 Å². The van der Waals surface area contributed by atoms with Gasteiger partial charge in [0.25, 0.3) is 0 Å². The van der Waals surface area contributed by atoms with E-state index in [-0.39, 0.29) is 23.5 Å². The average molecular weight is 306 g/mol. The van der Waals surface area contributed by atoms with Crippen molar-refractivity contribution in [3.8, 4) is 0 Å². The number of carbonyl (C=O) groups excluding carboxylic acids is 2. The third kappa shape index (κ3) is 3.13. The maximum Gasteiger partial charge on any atom is 0.228 e. The summed E-state index contributed by atoms with van der Waals surface area (Å²) in [6.07, 6.45) is 0.875. The molecule has 1 aliphatic heterocycles. The fraction of sp³-hybridized carbons (Fsp3) is 0.529. The van der Waals surface area contributed by atoms with Gasteiger partial charge in [0, 0.05) is 26.6 Å². The molecule has 0 unspecified atom stereocenters. The predicted octanol–water partition coefficient (Wildman–Crippen LogP) is 2.60. The molecule has 1 aromatic rings. The van der Waals surface area contributed by atoms with Crippen LogP contribution in [0.3, 0.4) is 0 Å². The number of halogens is 1. The highest BCUT2D eigenvalue weighted by atomic mass is 19.1. The van der Waals surface area contributed by atoms with Gasteiger partial charge in [0.1, 0.15) is 5.82 Å². The van der Waals surface area contributed by atoms with Crippen LogP contribution in [-0.2, 0) is 9.59 Å². The smallest absolute Gasteiger partial charge is 0.228 e. The molecule has 1 fully saturated rings. The lowest BCUT2D eigenvalue weighted by molar-refractivity contribution is -0.146. The van der Waals surface area contributed by atoms with Gasteiger partial charge in [0.05, 0.1) is 12.0 Å². The minimum absolute atomic E-state index is 0.00198. The molecule has 4 nitrogen and oxygen atoms in total. The Bertz CT molecular complexity index is 557. The van der Waals surface area contributed by atoms with E-state index in [0.29, 0.717) is 31.5 Å². The van der Waals surface area contributed by atoms with Crippen LogP contribution in [0.1, 0.15) is 38.3 Å². The highest BCUT2D eigenvalue weighted by molar-refractivity contribution is 5.85. The van der Waals surface area contributed by atoms with Crippen LogP contribution in [0.4, 0.5) is 4.39 Å². The van der Waals surface area contributed by atoms with E-state index in [1.54, 1.807) is 29.0 Å². The lowest BCUT2D eigenvalue weighted by Gasteiger charge is -2.40. The molecule has 0 saturated carbocycles. The summed E-state index contributed by atoms with van der Waals surface area (Å²) in [6, 6.07) is 5.80. The second-order valence-corrected chi connectivity index (χ2v) is 5.66. The van der Waals surface area contributed by atoms with Crippen LogP contribution in [0.5, 0.6) is 0 Å². The largest absolute Gasteiger partial charge is 0.343 e. The van der Waals surface area contributed by atoms with E-state index in [1.165, 1.54) is 12.1 Å². The number of piperidine rings is 1. The van der Waals surface area contributed by atoms with Gasteiger partial charge >= 0.3 is 0 Å². The molecule has 0 spiro atoms. The fourth-order valence-corrected chi connectivity index (χ4v) is 3.21. The van der Waals surface area contributed by atoms with Crippen LogP contribution in [0.15, 0.2) is 24.3 Å². The summed E-state index contributed by atoms with van der Waals surface area (Å²) < 4.78 is 13.6. The van der Waals surface area contributed by atoms with E-state index in [0.717, 1.165) is 0 Å². The number of rotatable bonds is 4. The van der Waals surface area contributed by atoms with Crippen molar-refractivity contribution < 1.29 is 14.0 Å². The molecule has 5 heteroatoms. The third-order valence-electron chi connectivity index (χ3n) is 4.44. The molecule has 2 amide bonds. The average Bonchev–Trinajstić information content (AvgIpc) is 2.50. The lowest BCUT2D eigenvalue weighted by Crippen LogP contribution is -2.47. The molecule has 0 bridgehead atoms. The SMILES string of the molecule is CCN(CC)C(=O)[C@@H]1CCC(=O)N(C)[C@@H]1c1cccc(F)c1. The normalized spacial score (nSPS) is 21.8. The first-order valence-electron chi connectivity index (χ1n) is 7.79. The first-order valence-corrected chi connectivity index (χ1v) is 7.79. The fourth-order valence-electron chi connectivity index (χ4n) is 3.21. The number of carbonyl (C=O) groups is 2. The van der Waals surface area contributed by atoms with Crippen molar-refractivity contribution in [2.24, 2.45) is 5.92 Å². The Morgan fingerprint density at radius 2 is 2.05 bits per heavy atom. The molecule has 0 N–H and O–H groups in total. The molecule has 0 aliphatic carbocycles. The van der Waals surface area contributed by atoms with E-state index in [1.807, 2.05) is 13.8 Å². The third-order valence-corrected chi connectivity index (χ3v) is 4.44. The van der Waals surface area contributed by atoms with Gasteiger partial charge < -0.3 is 9.80 Å². The van der Waals surface area contributed by atoms with Gasteiger partial charge in [-0.1, -0.05) is 12.1 Å². The van der Waals surface area contributed by atoms with Crippen molar-refractivity contribution in [2.45, 2.75) is 32.7 Å². The summed E-state index contributed by atoms with van der Waals surface area (Å²) in [5.41, 5.74) is 0.682. The summed E-state index contributed by atoms with van der Waals surface area (Å²) in [5.74, 6) is -0.626. The van der Waals surface area contributed by atoms with Crippen molar-refractivity contribution in [3.63, 3.8) is 0 Å². The summed E-state index contributed by atoms with van der Waals surface area (Å²) >= 11 is 0. The van der Waals surface area contributed by atoms with Crippen molar-refractivity contribution in [2.75, 3.05) is 20.1 Å². The molecular formula is C17H23FN2O2. The zero-order valence-corrected chi connectivity index (χ0v) is 13.4. The number of benzene rings is 1. The van der Waals surface area contributed by atoms with Gasteiger partial charge in [0.15, 0.2) is 0 Å². The van der Waals surface area contributed by atoms with Gasteiger partial charge in [-0.3, -0.25) is 9.59 Å². The molecule has 2 atom stereocenters. The quantitative estimate of drug-likeness (QED) is 0.858. The Balaban J connectivity index is 2.38. The Kier molecular flexibility index (Phi) is 5.16. The molecule has 0 aromatic heterocycles. The summed E-state index contributed by atoms with van der Waals surface area (Å²) in [6.45, 7) is 5.16. The zero-order chi connectivity index (χ0) is 16.3. The molecule has 2 rings (SSSR count). The monoisotopic (exact) mass is 306 g/mol. The Morgan fingerprint density at radius 1 is 1.36 bits per heavy atom. The summed E-state index contributed by atoms with van der Waals surface area (Å²) in [7, 11) is 1.69. The molecule has 120 valence electrons. The van der Waals surface area contributed by atoms with Crippen molar-refractivity contribution in [1.82, 2.24) is 9.80 Å². The maximum atomic E-state index is 13.6. The maximum absolute atomic E-state index is 13.6. The van der Waals surface area contributed by atoms with E-state index >= 15 is 0 Å². The minimum atomic E-state index is -0.398. The van der Waals surface area contributed by atoms with E-state index in [2.05, 4.69) is 0 Å². The molecule has 1 saturated heterocycles. The number of hydrogen-bond donors (Lipinski definition) is 0. The van der Waals surface area contributed by atoms with Gasteiger partial charge in [-0.15, -0.1) is 0 Å². The first kappa shape index (κ1) is 16.5. The van der Waals surface area contributed by atoms with E-state index in [9.17, 15) is 14.0 Å². The Hall–Kier alpha value is -1.91. The molecule has 22 heavy (non-hydrogen) atoms. The number of likely N-dealkylation sites (tertiary alicyclic amines) is 1. The van der Waals surface area contributed by atoms with Crippen LogP contribution in [0.25, 0.3) is 0 Å². The topological polar surface area (TPSA) is 40.6 Å². The van der Waals surface area contributed by atoms with Crippen molar-refractivity contribution >= 4 is 11.8 Å². The van der Waals surface area contributed by atoms with Gasteiger partial charge in [-0.25, -0.2) is 4.39 Å². The number of nitrogens with zero attached hydrogens (tertiary/aromatic N) is 2. The minimum Gasteiger partial charge on any atom is -0.343 e. The summed E-state index contributed by atoms with van der Waals surface area (Å²) in [4.78, 5) is 28.2. The Morgan fingerprint density at radius 3 is 2.64 bits per heavy atom. The number of hydrogen-bond acceptors (Lipinski definition) is 2. The van der Waals surface area contributed by atoms with Crippen LogP contribution in [0, 0.1) is 11.7 Å². The molecule has 1 heterocycles. The lowest BCUT2D eigenvalue weighted by atomic mass is 9.83. The Labute approximate surface area is 130 Å². The van der Waals surface area contributed by atoms with Crippen molar-refractivity contribution in [1.29, 1.82) is 0 Å². The van der Waals surface area contributed by atoms with Gasteiger partial charge in [-0.05, 0) is 38.0 Å². The van der Waals surface area contributed by atoms with Gasteiger partial charge in [0.2, 0.25) is 11.8 Å². The number of amides is 2. The second-order valence-electron chi connectivity index (χ2n) is 5.66. The molecular weight excluding hydrogens is 283 g/mol. The second kappa shape index (κ2) is 6.90. The van der Waals surface area contributed by atoms with Gasteiger partial charge in [-0.2, -0.15) is 0 Å². The van der Waals surface area contributed by atoms with E-state index in [4.69, 9.17) is 0 Å². The standard InChI is InChI=1S/C17H23FN2O2/c1-4-20(5-2)17(22)14-9-10-15(21)19(3)16(14)12-7-6-8-13(18)11-12/h6-8,11,14,16H,4-5,9-10H2,1-3H3/t14-,16-/m1/s1. The highest BCUT2D eigenvalue weighted by Crippen LogP contribution is 2.37. The van der Waals surface area contributed by atoms with Crippen LogP contribution in [0.2, 0.25) is 0 Å². The van der Waals surface area contributed by atoms with Crippen molar-refractivity contribution in [3.05, 3.63) is 35.6 Å². The highest BCUT2D eigenvalue weighted by Gasteiger charge is 2.40.